The van der Waals surface area contributed by atoms with Crippen molar-refractivity contribution in [3.63, 3.8) is 0 Å². The van der Waals surface area contributed by atoms with Gasteiger partial charge in [0.2, 0.25) is 5.75 Å². The number of aromatic nitrogens is 1. The zero-order valence-corrected chi connectivity index (χ0v) is 21.9. The lowest BCUT2D eigenvalue weighted by Crippen LogP contribution is -2.13. The number of nitro benzene ring substituents is 2. The molecule has 0 fully saturated rings. The van der Waals surface area contributed by atoms with Gasteiger partial charge in [-0.2, -0.15) is 5.26 Å². The fraction of sp³-hybridized carbons (Fsp3) is 0.0714. The summed E-state index contributed by atoms with van der Waals surface area (Å²) in [6, 6.07) is 20.1. The fourth-order valence-corrected chi connectivity index (χ4v) is 4.13. The molecule has 1 heterocycles. The van der Waals surface area contributed by atoms with Crippen molar-refractivity contribution in [3.05, 3.63) is 121 Å². The lowest BCUT2D eigenvalue weighted by molar-refractivity contribution is -0.394. The SMILES string of the molecule is Cc1cc(/C=C(/C#N)C(=O)Nc2ccc(Cl)cc2)c(C)n1-c1ccc(Oc2ccc([N+](=O)[O-])cc2[N+](=O)[O-])cc1. The number of hydrogen-bond donors (Lipinski definition) is 1. The van der Waals surface area contributed by atoms with E-state index in [2.05, 4.69) is 5.32 Å². The van der Waals surface area contributed by atoms with Gasteiger partial charge in [-0.3, -0.25) is 25.0 Å². The molecular formula is C28H20ClN5O6. The van der Waals surface area contributed by atoms with E-state index in [1.54, 1.807) is 48.5 Å². The molecule has 0 unspecified atom stereocenters. The molecular weight excluding hydrogens is 538 g/mol. The summed E-state index contributed by atoms with van der Waals surface area (Å²) in [7, 11) is 0. The van der Waals surface area contributed by atoms with Crippen LogP contribution in [0.15, 0.2) is 78.4 Å². The van der Waals surface area contributed by atoms with Crippen molar-refractivity contribution < 1.29 is 19.4 Å². The number of carbonyl (C=O) groups is 1. The first-order chi connectivity index (χ1) is 19.1. The minimum atomic E-state index is -0.747. The number of nitriles is 1. The van der Waals surface area contributed by atoms with E-state index >= 15 is 0 Å². The van der Waals surface area contributed by atoms with Gasteiger partial charge in [0.15, 0.2) is 0 Å². The van der Waals surface area contributed by atoms with Crippen molar-refractivity contribution in [2.45, 2.75) is 13.8 Å². The molecule has 0 atom stereocenters. The van der Waals surface area contributed by atoms with Crippen LogP contribution in [-0.2, 0) is 4.79 Å². The number of nitro groups is 2. The molecule has 0 aliphatic carbocycles. The molecule has 40 heavy (non-hydrogen) atoms. The third-order valence-electron chi connectivity index (χ3n) is 5.91. The Morgan fingerprint density at radius 3 is 2.27 bits per heavy atom. The van der Waals surface area contributed by atoms with Crippen LogP contribution in [0.2, 0.25) is 5.02 Å². The topological polar surface area (TPSA) is 153 Å². The number of anilines is 1. The van der Waals surface area contributed by atoms with Gasteiger partial charge in [-0.05, 0) is 86.2 Å². The van der Waals surface area contributed by atoms with E-state index in [4.69, 9.17) is 16.3 Å². The van der Waals surface area contributed by atoms with Gasteiger partial charge in [0.1, 0.15) is 17.4 Å². The molecule has 0 bridgehead atoms. The van der Waals surface area contributed by atoms with E-state index in [1.165, 1.54) is 12.1 Å². The van der Waals surface area contributed by atoms with Crippen LogP contribution in [0.25, 0.3) is 11.8 Å². The average molecular weight is 558 g/mol. The number of hydrogen-bond acceptors (Lipinski definition) is 7. The second-order valence-electron chi connectivity index (χ2n) is 8.55. The zero-order valence-electron chi connectivity index (χ0n) is 21.1. The highest BCUT2D eigenvalue weighted by molar-refractivity contribution is 6.30. The van der Waals surface area contributed by atoms with Crippen LogP contribution < -0.4 is 10.1 Å². The smallest absolute Gasteiger partial charge is 0.318 e. The highest BCUT2D eigenvalue weighted by atomic mass is 35.5. The van der Waals surface area contributed by atoms with Crippen LogP contribution in [0.1, 0.15) is 17.0 Å². The molecule has 4 aromatic rings. The summed E-state index contributed by atoms with van der Waals surface area (Å²) in [6.07, 6.45) is 1.51. The quantitative estimate of drug-likeness (QED) is 0.107. The third-order valence-corrected chi connectivity index (χ3v) is 6.16. The van der Waals surface area contributed by atoms with Gasteiger partial charge in [0, 0.05) is 33.9 Å². The van der Waals surface area contributed by atoms with E-state index in [9.17, 15) is 30.3 Å². The molecule has 0 spiro atoms. The molecule has 12 heteroatoms. The first kappa shape index (κ1) is 27.6. The third kappa shape index (κ3) is 5.98. The molecule has 0 aliphatic rings. The van der Waals surface area contributed by atoms with E-state index < -0.39 is 27.1 Å². The highest BCUT2D eigenvalue weighted by Crippen LogP contribution is 2.35. The van der Waals surface area contributed by atoms with Crippen LogP contribution in [-0.4, -0.2) is 20.3 Å². The van der Waals surface area contributed by atoms with Crippen LogP contribution >= 0.6 is 11.6 Å². The Labute approximate surface area is 232 Å². The first-order valence-electron chi connectivity index (χ1n) is 11.7. The van der Waals surface area contributed by atoms with Crippen molar-refractivity contribution in [2.75, 3.05) is 5.32 Å². The Morgan fingerprint density at radius 1 is 1.00 bits per heavy atom. The standard InChI is InChI=1S/C28H20ClN5O6/c1-17-13-19(14-20(16-30)28(35)31-22-5-3-21(29)4-6-22)18(2)32(17)23-7-10-25(11-8-23)40-27-12-9-24(33(36)37)15-26(27)34(38)39/h3-15H,1-2H3,(H,31,35)/b20-14-. The van der Waals surface area contributed by atoms with Gasteiger partial charge < -0.3 is 14.6 Å². The van der Waals surface area contributed by atoms with Gasteiger partial charge in [0.25, 0.3) is 11.6 Å². The maximum absolute atomic E-state index is 12.7. The molecule has 4 rings (SSSR count). The van der Waals surface area contributed by atoms with E-state index in [-0.39, 0.29) is 17.1 Å². The summed E-state index contributed by atoms with van der Waals surface area (Å²) in [5, 5.41) is 35.2. The van der Waals surface area contributed by atoms with Crippen molar-refractivity contribution in [3.8, 4) is 23.3 Å². The Hall–Kier alpha value is -5.47. The van der Waals surface area contributed by atoms with Crippen LogP contribution in [0.3, 0.4) is 0 Å². The molecule has 1 N–H and O–H groups in total. The van der Waals surface area contributed by atoms with Gasteiger partial charge in [-0.25, -0.2) is 0 Å². The molecule has 11 nitrogen and oxygen atoms in total. The Kier molecular flexibility index (Phi) is 7.93. The molecule has 1 aromatic heterocycles. The first-order valence-corrected chi connectivity index (χ1v) is 12.0. The Balaban J connectivity index is 1.57. The molecule has 0 saturated carbocycles. The van der Waals surface area contributed by atoms with E-state index in [0.717, 1.165) is 29.2 Å². The number of benzene rings is 3. The van der Waals surface area contributed by atoms with Gasteiger partial charge in [-0.1, -0.05) is 11.6 Å². The predicted molar refractivity (Wildman–Crippen MR) is 149 cm³/mol. The number of halogens is 1. The van der Waals surface area contributed by atoms with Gasteiger partial charge >= 0.3 is 5.69 Å². The molecule has 1 amide bonds. The number of ether oxygens (including phenoxy) is 1. The minimum absolute atomic E-state index is 0.0800. The van der Waals surface area contributed by atoms with Crippen molar-refractivity contribution in [1.29, 1.82) is 5.26 Å². The summed E-state index contributed by atoms with van der Waals surface area (Å²) in [4.78, 5) is 33.6. The lowest BCUT2D eigenvalue weighted by Gasteiger charge is -2.11. The summed E-state index contributed by atoms with van der Waals surface area (Å²) in [6.45, 7) is 3.71. The number of amides is 1. The maximum Gasteiger partial charge on any atom is 0.318 e. The number of nitrogens with one attached hydrogen (secondary N) is 1. The molecule has 3 aromatic carbocycles. The van der Waals surface area contributed by atoms with Gasteiger partial charge in [0.05, 0.1) is 15.9 Å². The monoisotopic (exact) mass is 557 g/mol. The number of non-ortho nitro benzene ring substituents is 1. The normalized spacial score (nSPS) is 11.0. The molecule has 200 valence electrons. The number of aryl methyl sites for hydroxylation is 1. The zero-order chi connectivity index (χ0) is 29.0. The molecule has 0 saturated heterocycles. The second-order valence-corrected chi connectivity index (χ2v) is 8.99. The molecule has 0 radical (unpaired) electrons. The summed E-state index contributed by atoms with van der Waals surface area (Å²) >= 11 is 5.88. The summed E-state index contributed by atoms with van der Waals surface area (Å²) in [5.41, 5.74) is 2.49. The number of rotatable bonds is 8. The predicted octanol–water partition coefficient (Wildman–Crippen LogP) is 6.90. The average Bonchev–Trinajstić information content (AvgIpc) is 3.21. The van der Waals surface area contributed by atoms with Crippen LogP contribution in [0.5, 0.6) is 11.5 Å². The van der Waals surface area contributed by atoms with Crippen molar-refractivity contribution >= 4 is 40.6 Å². The van der Waals surface area contributed by atoms with Crippen molar-refractivity contribution in [1.82, 2.24) is 4.57 Å². The second kappa shape index (κ2) is 11.5. The number of carbonyl (C=O) groups excluding carboxylic acids is 1. The van der Waals surface area contributed by atoms with Crippen molar-refractivity contribution in [2.24, 2.45) is 0 Å². The van der Waals surface area contributed by atoms with Gasteiger partial charge in [-0.15, -0.1) is 0 Å². The van der Waals surface area contributed by atoms with E-state index in [0.29, 0.717) is 16.3 Å². The summed E-state index contributed by atoms with van der Waals surface area (Å²) < 4.78 is 7.55. The number of nitrogens with zero attached hydrogens (tertiary/aromatic N) is 4. The fourth-order valence-electron chi connectivity index (χ4n) is 4.01. The Morgan fingerprint density at radius 2 is 1.68 bits per heavy atom. The van der Waals surface area contributed by atoms with Crippen LogP contribution in [0.4, 0.5) is 17.1 Å². The summed E-state index contributed by atoms with van der Waals surface area (Å²) in [5.74, 6) is -0.407. The van der Waals surface area contributed by atoms with Crippen LogP contribution in [0, 0.1) is 45.4 Å². The minimum Gasteiger partial charge on any atom is -0.450 e. The maximum atomic E-state index is 12.7. The molecule has 0 aliphatic heterocycles. The Bertz CT molecular complexity index is 1700. The lowest BCUT2D eigenvalue weighted by atomic mass is 10.1. The highest BCUT2D eigenvalue weighted by Gasteiger charge is 2.21. The van der Waals surface area contributed by atoms with E-state index in [1.807, 2.05) is 30.6 Å². The largest absolute Gasteiger partial charge is 0.450 e.